The zero-order valence-corrected chi connectivity index (χ0v) is 23.3. The summed E-state index contributed by atoms with van der Waals surface area (Å²) in [5.74, 6) is -3.62. The van der Waals surface area contributed by atoms with Gasteiger partial charge in [0.2, 0.25) is 17.6 Å². The molecule has 0 fully saturated rings. The molecule has 3 rings (SSSR count). The van der Waals surface area contributed by atoms with Gasteiger partial charge in [-0.3, -0.25) is 14.7 Å². The Bertz CT molecular complexity index is 1410. The van der Waals surface area contributed by atoms with Gasteiger partial charge < -0.3 is 24.5 Å². The quantitative estimate of drug-likeness (QED) is 0.238. The van der Waals surface area contributed by atoms with Crippen molar-refractivity contribution in [2.75, 3.05) is 5.32 Å². The van der Waals surface area contributed by atoms with Crippen LogP contribution in [-0.4, -0.2) is 49.1 Å². The maximum atomic E-state index is 13.4. The van der Waals surface area contributed by atoms with E-state index < -0.39 is 76.1 Å². The highest BCUT2D eigenvalue weighted by atomic mass is 19.4. The maximum absolute atomic E-state index is 13.4. The van der Waals surface area contributed by atoms with Crippen molar-refractivity contribution in [1.82, 2.24) is 25.3 Å². The molecule has 2 N–H and O–H groups in total. The number of hydrogen-bond donors (Lipinski definition) is 2. The van der Waals surface area contributed by atoms with E-state index in [2.05, 4.69) is 25.7 Å². The van der Waals surface area contributed by atoms with Gasteiger partial charge in [0.25, 0.3) is 5.91 Å². The molecule has 11 nitrogen and oxygen atoms in total. The maximum Gasteiger partial charge on any atom is 0.416 e. The lowest BCUT2D eigenvalue weighted by Gasteiger charge is -2.43. The first-order chi connectivity index (χ1) is 19.8. The summed E-state index contributed by atoms with van der Waals surface area (Å²) >= 11 is 0. The number of carboxylic acid groups (broad SMARTS) is 1. The summed E-state index contributed by atoms with van der Waals surface area (Å²) in [4.78, 5) is 39.2. The number of anilines is 1. The van der Waals surface area contributed by atoms with Gasteiger partial charge in [0.05, 0.1) is 23.4 Å². The fourth-order valence-corrected chi connectivity index (χ4v) is 4.31. The van der Waals surface area contributed by atoms with E-state index >= 15 is 0 Å². The molecule has 234 valence electrons. The average Bonchev–Trinajstić information content (AvgIpc) is 3.58. The van der Waals surface area contributed by atoms with E-state index in [0.29, 0.717) is 23.5 Å². The third-order valence-corrected chi connectivity index (χ3v) is 6.26. The molecule has 3 aromatic rings. The summed E-state index contributed by atoms with van der Waals surface area (Å²) in [7, 11) is 0. The van der Waals surface area contributed by atoms with Crippen LogP contribution in [0.15, 0.2) is 34.9 Å². The predicted molar refractivity (Wildman–Crippen MR) is 135 cm³/mol. The molecule has 2 heterocycles. The molecule has 2 atom stereocenters. The molecule has 0 aliphatic rings. The largest absolute Gasteiger partial charge is 0.530 e. The lowest BCUT2D eigenvalue weighted by Crippen LogP contribution is -2.56. The van der Waals surface area contributed by atoms with Gasteiger partial charge in [-0.15, -0.1) is 10.2 Å². The molecule has 17 heteroatoms. The minimum atomic E-state index is -5.15. The molecule has 0 spiro atoms. The molecule has 0 unspecified atom stereocenters. The van der Waals surface area contributed by atoms with E-state index in [0.717, 1.165) is 0 Å². The highest BCUT2D eigenvalue weighted by Gasteiger charge is 2.44. The fraction of sp³-hybridized carbons (Fsp3) is 0.462. The lowest BCUT2D eigenvalue weighted by molar-refractivity contribution is -0.273. The number of unbranched alkanes of at least 4 members (excludes halogenated alkanes) is 1. The summed E-state index contributed by atoms with van der Waals surface area (Å²) in [5.41, 5.74) is -5.17. The standard InChI is InChI=1S/C26H28F6N6O5/c1-5-6-7-16(18(39)20(40)34-17-8-9-33-35-17)38(23(41)42)19(24(2,3)4)22-37-36-21(43-22)13-10-14(25(27,28)29)12-15(11-13)26(30,31)32/h8-12,16,19H,5-7H2,1-4H3,(H,41,42)(H2,33,34,35,40)/p-1/t16-,19-/m0/s1. The first-order valence-corrected chi connectivity index (χ1v) is 12.8. The Morgan fingerprint density at radius 3 is 2.09 bits per heavy atom. The Hall–Kier alpha value is -4.44. The monoisotopic (exact) mass is 617 g/mol. The van der Waals surface area contributed by atoms with Crippen molar-refractivity contribution in [2.24, 2.45) is 5.41 Å². The molecule has 0 saturated carbocycles. The van der Waals surface area contributed by atoms with Crippen molar-refractivity contribution in [3.05, 3.63) is 47.5 Å². The second-order valence-electron chi connectivity index (χ2n) is 10.6. The number of benzene rings is 1. The number of nitrogens with one attached hydrogen (secondary N) is 2. The van der Waals surface area contributed by atoms with Gasteiger partial charge in [-0.05, 0) is 30.0 Å². The number of halogens is 6. The van der Waals surface area contributed by atoms with Crippen molar-refractivity contribution in [3.63, 3.8) is 0 Å². The predicted octanol–water partition coefficient (Wildman–Crippen LogP) is 5.00. The van der Waals surface area contributed by atoms with Crippen LogP contribution in [0.5, 0.6) is 0 Å². The number of nitrogens with zero attached hydrogens (tertiary/aromatic N) is 4. The SMILES string of the molecule is CCCC[C@@H](C(=O)C(=O)Nc1ccn[nH]1)N(C(=O)[O-])[C@@H](c1nnc(-c2cc(C(F)(F)F)cc(C(F)(F)F)c2)o1)C(C)(C)C. The van der Waals surface area contributed by atoms with Gasteiger partial charge in [-0.25, -0.2) is 0 Å². The van der Waals surface area contributed by atoms with Gasteiger partial charge in [0, 0.05) is 11.6 Å². The van der Waals surface area contributed by atoms with Crippen molar-refractivity contribution in [3.8, 4) is 11.5 Å². The minimum absolute atomic E-state index is 0.0563. The van der Waals surface area contributed by atoms with Gasteiger partial charge in [-0.2, -0.15) is 31.4 Å². The van der Waals surface area contributed by atoms with Gasteiger partial charge in [-0.1, -0.05) is 40.5 Å². The van der Waals surface area contributed by atoms with Gasteiger partial charge in [0.15, 0.2) is 0 Å². The number of aromatic amines is 1. The zero-order valence-electron chi connectivity index (χ0n) is 23.3. The van der Waals surface area contributed by atoms with Crippen LogP contribution in [0, 0.1) is 5.41 Å². The summed E-state index contributed by atoms with van der Waals surface area (Å²) in [6.07, 6.45) is -10.3. The Kier molecular flexibility index (Phi) is 9.56. The molecule has 1 aromatic carbocycles. The van der Waals surface area contributed by atoms with E-state index in [-0.39, 0.29) is 24.7 Å². The van der Waals surface area contributed by atoms with Crippen LogP contribution in [0.2, 0.25) is 0 Å². The summed E-state index contributed by atoms with van der Waals surface area (Å²) < 4.78 is 85.9. The first kappa shape index (κ1) is 33.1. The van der Waals surface area contributed by atoms with E-state index in [1.807, 2.05) is 0 Å². The number of Topliss-reactive ketones (excluding diaryl/α,β-unsaturated/α-hetero) is 1. The van der Waals surface area contributed by atoms with Crippen molar-refractivity contribution in [1.29, 1.82) is 0 Å². The number of carbonyl (C=O) groups excluding carboxylic acids is 3. The molecule has 0 saturated heterocycles. The number of alkyl halides is 6. The van der Waals surface area contributed by atoms with Crippen LogP contribution >= 0.6 is 0 Å². The number of hydrogen-bond acceptors (Lipinski definition) is 8. The van der Waals surface area contributed by atoms with Crippen molar-refractivity contribution < 1.29 is 50.2 Å². The Morgan fingerprint density at radius 2 is 1.63 bits per heavy atom. The second-order valence-corrected chi connectivity index (χ2v) is 10.6. The Morgan fingerprint density at radius 1 is 1.02 bits per heavy atom. The van der Waals surface area contributed by atoms with E-state index in [9.17, 15) is 45.8 Å². The van der Waals surface area contributed by atoms with Crippen LogP contribution in [0.1, 0.15) is 70.0 Å². The first-order valence-electron chi connectivity index (χ1n) is 12.8. The molecule has 0 aliphatic heterocycles. The summed E-state index contributed by atoms with van der Waals surface area (Å²) in [6, 6.07) is -1.14. The highest BCUT2D eigenvalue weighted by molar-refractivity contribution is 6.42. The zero-order chi connectivity index (χ0) is 32.3. The topological polar surface area (TPSA) is 157 Å². The molecular formula is C26H27F6N6O5-. The molecule has 2 amide bonds. The molecule has 43 heavy (non-hydrogen) atoms. The third kappa shape index (κ3) is 7.90. The van der Waals surface area contributed by atoms with Crippen LogP contribution in [-0.2, 0) is 21.9 Å². The fourth-order valence-electron chi connectivity index (χ4n) is 4.31. The number of amides is 2. The van der Waals surface area contributed by atoms with Crippen LogP contribution in [0.4, 0.5) is 37.0 Å². The van der Waals surface area contributed by atoms with Crippen LogP contribution in [0.25, 0.3) is 11.5 Å². The van der Waals surface area contributed by atoms with Crippen molar-refractivity contribution in [2.45, 2.75) is 71.4 Å². The smallest absolute Gasteiger partial charge is 0.416 e. The van der Waals surface area contributed by atoms with Gasteiger partial charge >= 0.3 is 12.4 Å². The minimum Gasteiger partial charge on any atom is -0.530 e. The number of H-pyrrole nitrogens is 1. The summed E-state index contributed by atoms with van der Waals surface area (Å²) in [6.45, 7) is 6.28. The van der Waals surface area contributed by atoms with E-state index in [1.54, 1.807) is 6.92 Å². The average molecular weight is 618 g/mol. The lowest BCUT2D eigenvalue weighted by atomic mass is 9.84. The number of carbonyl (C=O) groups is 3. The van der Waals surface area contributed by atoms with Crippen LogP contribution in [0.3, 0.4) is 0 Å². The van der Waals surface area contributed by atoms with E-state index in [4.69, 9.17) is 4.42 Å². The normalized spacial score (nSPS) is 13.8. The molecule has 2 aromatic heterocycles. The van der Waals surface area contributed by atoms with E-state index in [1.165, 1.54) is 33.0 Å². The Balaban J connectivity index is 2.11. The van der Waals surface area contributed by atoms with Crippen molar-refractivity contribution >= 4 is 23.6 Å². The highest BCUT2D eigenvalue weighted by Crippen LogP contribution is 2.42. The number of rotatable bonds is 10. The molecular weight excluding hydrogens is 590 g/mol. The molecule has 0 bridgehead atoms. The second kappa shape index (κ2) is 12.4. The van der Waals surface area contributed by atoms with Crippen LogP contribution < -0.4 is 10.4 Å². The summed E-state index contributed by atoms with van der Waals surface area (Å²) in [5, 5.41) is 28.2. The Labute approximate surface area is 240 Å². The number of ketones is 1. The van der Waals surface area contributed by atoms with Gasteiger partial charge in [0.1, 0.15) is 18.0 Å². The molecule has 0 radical (unpaired) electrons. The third-order valence-electron chi connectivity index (χ3n) is 6.26. The molecule has 0 aliphatic carbocycles. The number of aromatic nitrogens is 4.